The van der Waals surface area contributed by atoms with Crippen molar-refractivity contribution < 1.29 is 4.42 Å². The van der Waals surface area contributed by atoms with Crippen molar-refractivity contribution >= 4 is 6.01 Å². The van der Waals surface area contributed by atoms with E-state index in [1.165, 1.54) is 5.56 Å². The highest BCUT2D eigenvalue weighted by Gasteiger charge is 2.16. The number of aromatic nitrogens is 2. The van der Waals surface area contributed by atoms with Crippen LogP contribution in [0, 0.1) is 0 Å². The van der Waals surface area contributed by atoms with Gasteiger partial charge >= 0.3 is 6.01 Å². The van der Waals surface area contributed by atoms with E-state index >= 15 is 0 Å². The largest absolute Gasteiger partial charge is 0.408 e. The molecule has 1 saturated heterocycles. The van der Waals surface area contributed by atoms with E-state index in [9.17, 15) is 0 Å². The molecule has 0 spiro atoms. The van der Waals surface area contributed by atoms with Gasteiger partial charge in [0.15, 0.2) is 0 Å². The van der Waals surface area contributed by atoms with Crippen LogP contribution in [0.3, 0.4) is 0 Å². The fourth-order valence-corrected chi connectivity index (χ4v) is 2.23. The minimum Gasteiger partial charge on any atom is -0.408 e. The fraction of sp³-hybridized carbons (Fsp3) is 0.429. The minimum atomic E-state index is 0.657. The first-order valence-corrected chi connectivity index (χ1v) is 6.74. The Hall–Kier alpha value is -1.88. The lowest BCUT2D eigenvalue weighted by Gasteiger charge is -2.24. The number of aryl methyl sites for hydroxylation is 2. The van der Waals surface area contributed by atoms with E-state index in [4.69, 9.17) is 4.42 Å². The molecule has 1 fully saturated rings. The van der Waals surface area contributed by atoms with Crippen molar-refractivity contribution in [1.82, 2.24) is 15.5 Å². The van der Waals surface area contributed by atoms with Gasteiger partial charge < -0.3 is 14.6 Å². The summed E-state index contributed by atoms with van der Waals surface area (Å²) in [5, 5.41) is 11.6. The van der Waals surface area contributed by atoms with Crippen LogP contribution in [0.4, 0.5) is 6.01 Å². The summed E-state index contributed by atoms with van der Waals surface area (Å²) >= 11 is 0. The average molecular weight is 258 g/mol. The number of nitrogens with zero attached hydrogens (tertiary/aromatic N) is 3. The molecule has 1 aliphatic heterocycles. The van der Waals surface area contributed by atoms with Crippen molar-refractivity contribution in [1.29, 1.82) is 0 Å². The first-order chi connectivity index (χ1) is 9.42. The van der Waals surface area contributed by atoms with Crippen molar-refractivity contribution in [2.75, 3.05) is 31.1 Å². The molecule has 2 aromatic rings. The van der Waals surface area contributed by atoms with Crippen LogP contribution in [-0.2, 0) is 12.8 Å². The van der Waals surface area contributed by atoms with Gasteiger partial charge in [-0.1, -0.05) is 35.4 Å². The molecule has 100 valence electrons. The number of nitrogens with one attached hydrogen (secondary N) is 1. The van der Waals surface area contributed by atoms with Crippen LogP contribution in [-0.4, -0.2) is 36.4 Å². The lowest BCUT2D eigenvalue weighted by atomic mass is 10.1. The minimum absolute atomic E-state index is 0.657. The summed E-state index contributed by atoms with van der Waals surface area (Å²) in [7, 11) is 0. The van der Waals surface area contributed by atoms with Crippen LogP contribution in [0.5, 0.6) is 0 Å². The summed E-state index contributed by atoms with van der Waals surface area (Å²) in [6.45, 7) is 3.81. The van der Waals surface area contributed by atoms with Gasteiger partial charge in [-0.25, -0.2) is 0 Å². The summed E-state index contributed by atoms with van der Waals surface area (Å²) in [5.74, 6) is 0.720. The van der Waals surface area contributed by atoms with Crippen LogP contribution in [0.25, 0.3) is 0 Å². The summed E-state index contributed by atoms with van der Waals surface area (Å²) in [5.41, 5.74) is 1.30. The third-order valence-electron chi connectivity index (χ3n) is 3.31. The lowest BCUT2D eigenvalue weighted by molar-refractivity contribution is 0.464. The maximum atomic E-state index is 5.72. The standard InChI is InChI=1S/C14H18N4O/c1-2-4-12(5-3-1)6-7-13-16-17-14(19-13)18-10-8-15-9-11-18/h1-5,15H,6-11H2. The molecule has 0 atom stereocenters. The smallest absolute Gasteiger partial charge is 0.318 e. The Kier molecular flexibility index (Phi) is 3.74. The molecule has 1 N–H and O–H groups in total. The average Bonchev–Trinajstić information content (AvgIpc) is 2.96. The zero-order valence-electron chi connectivity index (χ0n) is 10.9. The molecule has 0 aliphatic carbocycles. The highest BCUT2D eigenvalue weighted by molar-refractivity contribution is 5.25. The predicted octanol–water partition coefficient (Wildman–Crippen LogP) is 1.26. The van der Waals surface area contributed by atoms with Crippen LogP contribution >= 0.6 is 0 Å². The van der Waals surface area contributed by atoms with Gasteiger partial charge in [-0.3, -0.25) is 0 Å². The second-order valence-electron chi connectivity index (χ2n) is 4.70. The van der Waals surface area contributed by atoms with Crippen LogP contribution in [0.15, 0.2) is 34.7 Å². The number of rotatable bonds is 4. The Labute approximate surface area is 112 Å². The number of benzene rings is 1. The van der Waals surface area contributed by atoms with E-state index in [1.807, 2.05) is 6.07 Å². The molecule has 3 rings (SSSR count). The third-order valence-corrected chi connectivity index (χ3v) is 3.31. The Balaban J connectivity index is 1.58. The van der Waals surface area contributed by atoms with Gasteiger partial charge in [0, 0.05) is 32.6 Å². The van der Waals surface area contributed by atoms with Gasteiger partial charge in [0.25, 0.3) is 0 Å². The normalized spacial score (nSPS) is 15.7. The van der Waals surface area contributed by atoms with Crippen molar-refractivity contribution in [3.63, 3.8) is 0 Å². The maximum absolute atomic E-state index is 5.72. The molecule has 0 radical (unpaired) electrons. The molecular weight excluding hydrogens is 240 g/mol. The van der Waals surface area contributed by atoms with Gasteiger partial charge in [0.2, 0.25) is 5.89 Å². The van der Waals surface area contributed by atoms with E-state index in [0.29, 0.717) is 6.01 Å². The first kappa shape index (κ1) is 12.2. The summed E-state index contributed by atoms with van der Waals surface area (Å²) < 4.78 is 5.72. The fourth-order valence-electron chi connectivity index (χ4n) is 2.23. The molecule has 0 unspecified atom stereocenters. The van der Waals surface area contributed by atoms with E-state index in [1.54, 1.807) is 0 Å². The van der Waals surface area contributed by atoms with E-state index < -0.39 is 0 Å². The molecule has 2 heterocycles. The summed E-state index contributed by atoms with van der Waals surface area (Å²) in [6, 6.07) is 11.0. The first-order valence-electron chi connectivity index (χ1n) is 6.74. The molecule has 0 bridgehead atoms. The SMILES string of the molecule is c1ccc(CCc2nnc(N3CCNCC3)o2)cc1. The topological polar surface area (TPSA) is 54.2 Å². The van der Waals surface area contributed by atoms with Gasteiger partial charge in [-0.15, -0.1) is 5.10 Å². The second-order valence-corrected chi connectivity index (χ2v) is 4.70. The van der Waals surface area contributed by atoms with E-state index in [0.717, 1.165) is 44.9 Å². The van der Waals surface area contributed by atoms with Crippen LogP contribution in [0.1, 0.15) is 11.5 Å². The highest BCUT2D eigenvalue weighted by Crippen LogP contribution is 2.14. The highest BCUT2D eigenvalue weighted by atomic mass is 16.4. The monoisotopic (exact) mass is 258 g/mol. The maximum Gasteiger partial charge on any atom is 0.318 e. The van der Waals surface area contributed by atoms with Gasteiger partial charge in [0.1, 0.15) is 0 Å². The summed E-state index contributed by atoms with van der Waals surface area (Å²) in [6.07, 6.45) is 1.73. The zero-order valence-corrected chi connectivity index (χ0v) is 10.9. The Morgan fingerprint density at radius 1 is 1.05 bits per heavy atom. The zero-order chi connectivity index (χ0) is 12.9. The predicted molar refractivity (Wildman–Crippen MR) is 73.2 cm³/mol. The van der Waals surface area contributed by atoms with Crippen LogP contribution < -0.4 is 10.2 Å². The van der Waals surface area contributed by atoms with E-state index in [-0.39, 0.29) is 0 Å². The molecule has 1 aliphatic rings. The van der Waals surface area contributed by atoms with Crippen molar-refractivity contribution in [2.45, 2.75) is 12.8 Å². The molecule has 5 nitrogen and oxygen atoms in total. The quantitative estimate of drug-likeness (QED) is 0.895. The second kappa shape index (κ2) is 5.84. The van der Waals surface area contributed by atoms with Gasteiger partial charge in [0.05, 0.1) is 0 Å². The Bertz CT molecular complexity index is 505. The Morgan fingerprint density at radius 3 is 2.63 bits per heavy atom. The molecule has 0 amide bonds. The molecule has 1 aromatic carbocycles. The molecule has 19 heavy (non-hydrogen) atoms. The van der Waals surface area contributed by atoms with Crippen molar-refractivity contribution in [3.8, 4) is 0 Å². The van der Waals surface area contributed by atoms with Gasteiger partial charge in [-0.05, 0) is 12.0 Å². The number of piperazine rings is 1. The molecular formula is C14H18N4O. The lowest BCUT2D eigenvalue weighted by Crippen LogP contribution is -2.43. The molecule has 5 heteroatoms. The number of hydrogen-bond acceptors (Lipinski definition) is 5. The number of hydrogen-bond donors (Lipinski definition) is 1. The summed E-state index contributed by atoms with van der Waals surface area (Å²) in [4.78, 5) is 2.13. The van der Waals surface area contributed by atoms with Crippen molar-refractivity contribution in [2.24, 2.45) is 0 Å². The van der Waals surface area contributed by atoms with Crippen LogP contribution in [0.2, 0.25) is 0 Å². The van der Waals surface area contributed by atoms with Crippen molar-refractivity contribution in [3.05, 3.63) is 41.8 Å². The van der Waals surface area contributed by atoms with E-state index in [2.05, 4.69) is 44.7 Å². The number of anilines is 1. The molecule has 0 saturated carbocycles. The van der Waals surface area contributed by atoms with Gasteiger partial charge in [-0.2, -0.15) is 0 Å². The Morgan fingerprint density at radius 2 is 1.84 bits per heavy atom. The molecule has 1 aromatic heterocycles. The third kappa shape index (κ3) is 3.12.